The molecule has 0 saturated heterocycles. The Bertz CT molecular complexity index is 847. The van der Waals surface area contributed by atoms with Crippen molar-refractivity contribution in [3.8, 4) is 11.8 Å². The van der Waals surface area contributed by atoms with Gasteiger partial charge in [-0.25, -0.2) is 12.8 Å². The Morgan fingerprint density at radius 3 is 2.62 bits per heavy atom. The number of halogens is 2. The van der Waals surface area contributed by atoms with E-state index in [-0.39, 0.29) is 16.5 Å². The zero-order valence-corrected chi connectivity index (χ0v) is 11.9. The third kappa shape index (κ3) is 3.07. The predicted octanol–water partition coefficient (Wildman–Crippen LogP) is 2.86. The fourth-order valence-electron chi connectivity index (χ4n) is 1.63. The highest BCUT2D eigenvalue weighted by molar-refractivity contribution is 7.92. The number of rotatable bonds is 3. The van der Waals surface area contributed by atoms with Gasteiger partial charge in [0.2, 0.25) is 0 Å². The minimum atomic E-state index is -4.23. The smallest absolute Gasteiger partial charge is 0.263 e. The molecule has 0 saturated carbocycles. The van der Waals surface area contributed by atoms with E-state index in [1.807, 2.05) is 0 Å². The van der Waals surface area contributed by atoms with Crippen molar-refractivity contribution >= 4 is 27.3 Å². The van der Waals surface area contributed by atoms with Crippen LogP contribution in [0.4, 0.5) is 10.1 Å². The van der Waals surface area contributed by atoms with E-state index in [9.17, 15) is 17.9 Å². The maximum atomic E-state index is 13.5. The van der Waals surface area contributed by atoms with Crippen molar-refractivity contribution in [3.63, 3.8) is 0 Å². The van der Waals surface area contributed by atoms with E-state index in [1.165, 1.54) is 24.3 Å². The highest BCUT2D eigenvalue weighted by Gasteiger charge is 2.22. The highest BCUT2D eigenvalue weighted by atomic mass is 35.5. The zero-order chi connectivity index (χ0) is 15.6. The lowest BCUT2D eigenvalue weighted by Crippen LogP contribution is -2.15. The summed E-state index contributed by atoms with van der Waals surface area (Å²) in [6.07, 6.45) is 0. The zero-order valence-electron chi connectivity index (χ0n) is 10.3. The normalized spacial score (nSPS) is 10.9. The second-order valence-corrected chi connectivity index (χ2v) is 6.08. The number of nitrogens with one attached hydrogen (secondary N) is 1. The summed E-state index contributed by atoms with van der Waals surface area (Å²) in [5, 5.41) is 18.7. The Balaban J connectivity index is 2.49. The van der Waals surface area contributed by atoms with E-state index in [0.29, 0.717) is 0 Å². The van der Waals surface area contributed by atoms with Crippen molar-refractivity contribution in [2.24, 2.45) is 0 Å². The van der Waals surface area contributed by atoms with Crippen LogP contribution in [-0.4, -0.2) is 13.5 Å². The van der Waals surface area contributed by atoms with Gasteiger partial charge in [-0.2, -0.15) is 5.26 Å². The first-order valence-corrected chi connectivity index (χ1v) is 7.41. The Morgan fingerprint density at radius 1 is 1.29 bits per heavy atom. The molecule has 0 spiro atoms. The summed E-state index contributed by atoms with van der Waals surface area (Å²) in [6, 6.07) is 8.52. The van der Waals surface area contributed by atoms with Crippen molar-refractivity contribution in [1.82, 2.24) is 0 Å². The fraction of sp³-hybridized carbons (Fsp3) is 0. The first-order valence-electron chi connectivity index (χ1n) is 5.55. The quantitative estimate of drug-likeness (QED) is 0.849. The topological polar surface area (TPSA) is 90.2 Å². The number of phenolic OH excluding ortho intramolecular Hbond substituents is 1. The largest absolute Gasteiger partial charge is 0.506 e. The maximum Gasteiger partial charge on any atom is 0.263 e. The minimum absolute atomic E-state index is 0.132. The average molecular weight is 327 g/mol. The Labute approximate surface area is 125 Å². The molecule has 21 heavy (non-hydrogen) atoms. The first kappa shape index (κ1) is 15.1. The van der Waals surface area contributed by atoms with Gasteiger partial charge in [-0.1, -0.05) is 17.7 Å². The van der Waals surface area contributed by atoms with E-state index in [0.717, 1.165) is 18.2 Å². The number of hydrogen-bond donors (Lipinski definition) is 2. The lowest BCUT2D eigenvalue weighted by atomic mass is 10.2. The van der Waals surface area contributed by atoms with Gasteiger partial charge in [-0.05, 0) is 24.3 Å². The van der Waals surface area contributed by atoms with E-state index >= 15 is 0 Å². The summed E-state index contributed by atoms with van der Waals surface area (Å²) in [6.45, 7) is 0. The standard InChI is InChI=1S/C13H8ClFN2O3S/c14-8-4-5-11(12(18)6-8)17-21(19,20)13-3-1-2-10(15)9(13)7-16/h1-6,17-18H. The lowest BCUT2D eigenvalue weighted by molar-refractivity contribution is 0.477. The van der Waals surface area contributed by atoms with Gasteiger partial charge in [0, 0.05) is 11.1 Å². The van der Waals surface area contributed by atoms with Crippen molar-refractivity contribution < 1.29 is 17.9 Å². The molecule has 0 fully saturated rings. The lowest BCUT2D eigenvalue weighted by Gasteiger charge is -2.11. The van der Waals surface area contributed by atoms with Gasteiger partial charge in [0.25, 0.3) is 10.0 Å². The molecule has 2 N–H and O–H groups in total. The molecular formula is C13H8ClFN2O3S. The monoisotopic (exact) mass is 326 g/mol. The van der Waals surface area contributed by atoms with Crippen LogP contribution in [0.5, 0.6) is 5.75 Å². The van der Waals surface area contributed by atoms with E-state index in [4.69, 9.17) is 16.9 Å². The van der Waals surface area contributed by atoms with Gasteiger partial charge in [0.05, 0.1) is 5.69 Å². The first-order chi connectivity index (χ1) is 9.85. The number of anilines is 1. The second-order valence-electron chi connectivity index (χ2n) is 3.99. The molecule has 0 heterocycles. The molecule has 2 rings (SSSR count). The SMILES string of the molecule is N#Cc1c(F)cccc1S(=O)(=O)Nc1ccc(Cl)cc1O. The second kappa shape index (κ2) is 5.60. The van der Waals surface area contributed by atoms with E-state index < -0.39 is 26.3 Å². The molecule has 0 aromatic heterocycles. The number of phenols is 1. The third-order valence-electron chi connectivity index (χ3n) is 2.58. The number of hydrogen-bond acceptors (Lipinski definition) is 4. The number of nitriles is 1. The molecule has 0 bridgehead atoms. The fourth-order valence-corrected chi connectivity index (χ4v) is 3.04. The molecule has 0 amide bonds. The Hall–Kier alpha value is -2.30. The van der Waals surface area contributed by atoms with Gasteiger partial charge in [-0.3, -0.25) is 4.72 Å². The van der Waals surface area contributed by atoms with Crippen LogP contribution in [0, 0.1) is 17.1 Å². The number of nitrogens with zero attached hydrogens (tertiary/aromatic N) is 1. The summed E-state index contributed by atoms with van der Waals surface area (Å²) in [5.74, 6) is -1.33. The van der Waals surface area contributed by atoms with Crippen LogP contribution in [0.1, 0.15) is 5.56 Å². The average Bonchev–Trinajstić information content (AvgIpc) is 2.41. The molecule has 5 nitrogen and oxygen atoms in total. The van der Waals surface area contributed by atoms with Gasteiger partial charge < -0.3 is 5.11 Å². The van der Waals surface area contributed by atoms with Gasteiger partial charge >= 0.3 is 0 Å². The summed E-state index contributed by atoms with van der Waals surface area (Å²) < 4.78 is 39.9. The van der Waals surface area contributed by atoms with Crippen molar-refractivity contribution in [1.29, 1.82) is 5.26 Å². The van der Waals surface area contributed by atoms with Crippen LogP contribution in [0.25, 0.3) is 0 Å². The van der Waals surface area contributed by atoms with Crippen LogP contribution in [0.2, 0.25) is 5.02 Å². The maximum absolute atomic E-state index is 13.5. The van der Waals surface area contributed by atoms with E-state index in [2.05, 4.69) is 4.72 Å². The van der Waals surface area contributed by atoms with Crippen LogP contribution in [0.3, 0.4) is 0 Å². The van der Waals surface area contributed by atoms with Crippen LogP contribution in [0.15, 0.2) is 41.3 Å². The molecule has 8 heteroatoms. The van der Waals surface area contributed by atoms with Gasteiger partial charge in [0.15, 0.2) is 0 Å². The van der Waals surface area contributed by atoms with Crippen LogP contribution >= 0.6 is 11.6 Å². The molecule has 0 radical (unpaired) electrons. The Kier molecular flexibility index (Phi) is 4.02. The van der Waals surface area contributed by atoms with E-state index in [1.54, 1.807) is 0 Å². The molecule has 108 valence electrons. The molecule has 2 aromatic carbocycles. The van der Waals surface area contributed by atoms with Crippen molar-refractivity contribution in [2.45, 2.75) is 4.90 Å². The summed E-state index contributed by atoms with van der Waals surface area (Å²) in [4.78, 5) is -0.514. The van der Waals surface area contributed by atoms with Gasteiger partial charge in [-0.15, -0.1) is 0 Å². The molecule has 0 aliphatic rings. The number of aromatic hydroxyl groups is 1. The van der Waals surface area contributed by atoms with Crippen LogP contribution in [-0.2, 0) is 10.0 Å². The van der Waals surface area contributed by atoms with Crippen molar-refractivity contribution in [3.05, 3.63) is 52.8 Å². The summed E-state index contributed by atoms with van der Waals surface area (Å²) >= 11 is 5.64. The molecular weight excluding hydrogens is 319 g/mol. The Morgan fingerprint density at radius 2 is 2.00 bits per heavy atom. The van der Waals surface area contributed by atoms with Crippen LogP contribution < -0.4 is 4.72 Å². The summed E-state index contributed by atoms with van der Waals surface area (Å²) in [7, 11) is -4.23. The predicted molar refractivity (Wildman–Crippen MR) is 75.0 cm³/mol. The summed E-state index contributed by atoms with van der Waals surface area (Å²) in [5.41, 5.74) is -0.731. The molecule has 0 aliphatic heterocycles. The number of benzene rings is 2. The molecule has 0 aliphatic carbocycles. The van der Waals surface area contributed by atoms with Gasteiger partial charge in [0.1, 0.15) is 28.1 Å². The molecule has 0 unspecified atom stereocenters. The number of sulfonamides is 1. The van der Waals surface area contributed by atoms with Crippen molar-refractivity contribution in [2.75, 3.05) is 4.72 Å². The minimum Gasteiger partial charge on any atom is -0.506 e. The third-order valence-corrected chi connectivity index (χ3v) is 4.22. The highest BCUT2D eigenvalue weighted by Crippen LogP contribution is 2.29. The molecule has 0 atom stereocenters. The molecule has 2 aromatic rings.